The number of aromatic nitrogens is 1. The Morgan fingerprint density at radius 1 is 1.04 bits per heavy atom. The van der Waals surface area contributed by atoms with Gasteiger partial charge in [-0.25, -0.2) is 4.98 Å². The number of aromatic hydroxyl groups is 1. The highest BCUT2D eigenvalue weighted by molar-refractivity contribution is 7.16. The van der Waals surface area contributed by atoms with Crippen LogP contribution in [-0.2, 0) is 6.54 Å². The quantitative estimate of drug-likeness (QED) is 0.479. The van der Waals surface area contributed by atoms with Crippen LogP contribution in [0.3, 0.4) is 0 Å². The fraction of sp³-hybridized carbons (Fsp3) is 0.0556. The first-order valence-electron chi connectivity index (χ1n) is 7.57. The lowest BCUT2D eigenvalue weighted by atomic mass is 10.1. The Labute approximate surface area is 146 Å². The van der Waals surface area contributed by atoms with Crippen molar-refractivity contribution in [3.63, 3.8) is 0 Å². The van der Waals surface area contributed by atoms with E-state index in [0.29, 0.717) is 12.2 Å². The number of anilines is 3. The summed E-state index contributed by atoms with van der Waals surface area (Å²) >= 11 is 1.54. The molecular weight excluding hydrogens is 338 g/mol. The molecule has 0 atom stereocenters. The first kappa shape index (κ1) is 15.3. The van der Waals surface area contributed by atoms with Gasteiger partial charge in [-0.2, -0.15) is 0 Å². The molecule has 0 radical (unpaired) electrons. The molecule has 3 aromatic carbocycles. The van der Waals surface area contributed by atoms with Crippen molar-refractivity contribution in [1.29, 1.82) is 0 Å². The second-order valence-electron chi connectivity index (χ2n) is 5.59. The third-order valence-corrected chi connectivity index (χ3v) is 4.70. The van der Waals surface area contributed by atoms with Crippen LogP contribution in [0.5, 0.6) is 5.75 Å². The molecule has 0 bridgehead atoms. The van der Waals surface area contributed by atoms with E-state index in [0.717, 1.165) is 15.8 Å². The molecule has 4 aromatic rings. The molecule has 0 amide bonds. The molecule has 1 heterocycles. The lowest BCUT2D eigenvalue weighted by Crippen LogP contribution is -2.36. The number of hydrogen-bond acceptors (Lipinski definition) is 7. The van der Waals surface area contributed by atoms with Gasteiger partial charge in [0.15, 0.2) is 0 Å². The molecular formula is C18H13N3O3S. The maximum atomic E-state index is 11.9. The normalized spacial score (nSPS) is 11.0. The zero-order valence-electron chi connectivity index (χ0n) is 12.9. The topological polar surface area (TPSA) is 91.3 Å². The third kappa shape index (κ3) is 2.85. The molecule has 0 saturated heterocycles. The molecule has 0 unspecified atom stereocenters. The standard InChI is InChI=1S/C18H13N3O3S/c22-12-3-1-2-10(6-12)8-19-15-16(18(24)17(15)23)21-11-4-5-14-13(7-11)20-9-25-14/h1-7,9,19,21-22H,8H2. The Balaban J connectivity index is 1.55. The van der Waals surface area contributed by atoms with Gasteiger partial charge in [0.05, 0.1) is 15.7 Å². The molecule has 4 rings (SSSR count). The van der Waals surface area contributed by atoms with Crippen LogP contribution in [0.15, 0.2) is 57.6 Å². The average Bonchev–Trinajstić information content (AvgIpc) is 3.08. The highest BCUT2D eigenvalue weighted by Gasteiger charge is 2.21. The number of fused-ring (bicyclic) bond motifs is 1. The predicted molar refractivity (Wildman–Crippen MR) is 99.7 cm³/mol. The molecule has 0 spiro atoms. The van der Waals surface area contributed by atoms with Crippen molar-refractivity contribution in [3.05, 3.63) is 74.0 Å². The molecule has 0 aliphatic carbocycles. The number of nitrogens with zero attached hydrogens (tertiary/aromatic N) is 1. The lowest BCUT2D eigenvalue weighted by Gasteiger charge is -2.15. The molecule has 0 aliphatic heterocycles. The third-order valence-electron chi connectivity index (χ3n) is 3.89. The summed E-state index contributed by atoms with van der Waals surface area (Å²) in [5, 5.41) is 15.4. The minimum Gasteiger partial charge on any atom is -0.508 e. The van der Waals surface area contributed by atoms with Gasteiger partial charge < -0.3 is 15.7 Å². The second kappa shape index (κ2) is 6.03. The van der Waals surface area contributed by atoms with E-state index in [2.05, 4.69) is 15.6 Å². The number of phenols is 1. The number of rotatable bonds is 5. The molecule has 25 heavy (non-hydrogen) atoms. The van der Waals surface area contributed by atoms with Gasteiger partial charge in [-0.1, -0.05) is 12.1 Å². The Bertz CT molecular complexity index is 1140. The average molecular weight is 351 g/mol. The lowest BCUT2D eigenvalue weighted by molar-refractivity contribution is 0.474. The number of phenolic OH excluding ortho intramolecular Hbond substituents is 1. The van der Waals surface area contributed by atoms with Gasteiger partial charge in [0.25, 0.3) is 10.9 Å². The molecule has 7 heteroatoms. The minimum atomic E-state index is -0.545. The van der Waals surface area contributed by atoms with Crippen LogP contribution in [0.25, 0.3) is 10.2 Å². The smallest absolute Gasteiger partial charge is 0.253 e. The molecule has 124 valence electrons. The van der Waals surface area contributed by atoms with Crippen LogP contribution in [0.4, 0.5) is 17.1 Å². The van der Waals surface area contributed by atoms with Crippen molar-refractivity contribution in [2.45, 2.75) is 6.54 Å². The van der Waals surface area contributed by atoms with Crippen LogP contribution in [-0.4, -0.2) is 10.1 Å². The number of thiazole rings is 1. The Kier molecular flexibility index (Phi) is 3.70. The summed E-state index contributed by atoms with van der Waals surface area (Å²) in [7, 11) is 0. The molecule has 0 fully saturated rings. The Morgan fingerprint density at radius 2 is 1.88 bits per heavy atom. The summed E-state index contributed by atoms with van der Waals surface area (Å²) in [5.74, 6) is 0.152. The van der Waals surface area contributed by atoms with E-state index in [1.807, 2.05) is 24.3 Å². The van der Waals surface area contributed by atoms with Gasteiger partial charge in [-0.05, 0) is 35.9 Å². The van der Waals surface area contributed by atoms with Crippen LogP contribution >= 0.6 is 11.3 Å². The summed E-state index contributed by atoms with van der Waals surface area (Å²) in [6, 6.07) is 12.3. The fourth-order valence-electron chi connectivity index (χ4n) is 2.62. The SMILES string of the molecule is O=c1c(NCc2cccc(O)c2)c(Nc2ccc3scnc3c2)c1=O. The number of hydrogen-bond donors (Lipinski definition) is 3. The first-order valence-corrected chi connectivity index (χ1v) is 8.45. The predicted octanol–water partition coefficient (Wildman–Crippen LogP) is 2.95. The molecule has 1 aromatic heterocycles. The van der Waals surface area contributed by atoms with E-state index >= 15 is 0 Å². The van der Waals surface area contributed by atoms with E-state index in [1.54, 1.807) is 23.7 Å². The van der Waals surface area contributed by atoms with E-state index in [4.69, 9.17) is 0 Å². The number of benzene rings is 2. The van der Waals surface area contributed by atoms with E-state index in [1.165, 1.54) is 11.3 Å². The Morgan fingerprint density at radius 3 is 2.72 bits per heavy atom. The van der Waals surface area contributed by atoms with Crippen molar-refractivity contribution in [2.24, 2.45) is 0 Å². The van der Waals surface area contributed by atoms with Gasteiger partial charge in [-0.15, -0.1) is 11.3 Å². The van der Waals surface area contributed by atoms with Crippen molar-refractivity contribution < 1.29 is 5.11 Å². The fourth-order valence-corrected chi connectivity index (χ4v) is 3.28. The summed E-state index contributed by atoms with van der Waals surface area (Å²) in [6.07, 6.45) is 0. The van der Waals surface area contributed by atoms with Crippen LogP contribution in [0.1, 0.15) is 5.56 Å². The zero-order valence-corrected chi connectivity index (χ0v) is 13.8. The van der Waals surface area contributed by atoms with Crippen molar-refractivity contribution in [2.75, 3.05) is 10.6 Å². The van der Waals surface area contributed by atoms with E-state index in [-0.39, 0.29) is 17.1 Å². The molecule has 3 N–H and O–H groups in total. The summed E-state index contributed by atoms with van der Waals surface area (Å²) in [4.78, 5) is 28.0. The van der Waals surface area contributed by atoms with Gasteiger partial charge >= 0.3 is 0 Å². The minimum absolute atomic E-state index is 0.152. The molecule has 0 aliphatic rings. The zero-order chi connectivity index (χ0) is 17.4. The van der Waals surface area contributed by atoms with E-state index in [9.17, 15) is 14.7 Å². The second-order valence-corrected chi connectivity index (χ2v) is 6.48. The van der Waals surface area contributed by atoms with Crippen molar-refractivity contribution in [1.82, 2.24) is 4.98 Å². The summed E-state index contributed by atoms with van der Waals surface area (Å²) in [6.45, 7) is 0.332. The monoisotopic (exact) mass is 351 g/mol. The van der Waals surface area contributed by atoms with Gasteiger partial charge in [0, 0.05) is 12.2 Å². The van der Waals surface area contributed by atoms with Gasteiger partial charge in [0.2, 0.25) is 0 Å². The number of nitrogens with one attached hydrogen (secondary N) is 2. The van der Waals surface area contributed by atoms with E-state index < -0.39 is 10.9 Å². The summed E-state index contributed by atoms with van der Waals surface area (Å²) < 4.78 is 1.05. The Hall–Kier alpha value is -3.19. The van der Waals surface area contributed by atoms with Crippen molar-refractivity contribution >= 4 is 38.6 Å². The highest BCUT2D eigenvalue weighted by atomic mass is 32.1. The highest BCUT2D eigenvalue weighted by Crippen LogP contribution is 2.26. The molecule has 0 saturated carbocycles. The van der Waals surface area contributed by atoms with Gasteiger partial charge in [-0.3, -0.25) is 9.59 Å². The van der Waals surface area contributed by atoms with Crippen molar-refractivity contribution in [3.8, 4) is 5.75 Å². The maximum absolute atomic E-state index is 11.9. The van der Waals surface area contributed by atoms with Gasteiger partial charge in [0.1, 0.15) is 17.1 Å². The largest absolute Gasteiger partial charge is 0.508 e. The molecule has 6 nitrogen and oxygen atoms in total. The van der Waals surface area contributed by atoms with Crippen LogP contribution in [0.2, 0.25) is 0 Å². The first-order chi connectivity index (χ1) is 12.1. The van der Waals surface area contributed by atoms with Crippen LogP contribution in [0, 0.1) is 0 Å². The van der Waals surface area contributed by atoms with Crippen LogP contribution < -0.4 is 21.5 Å². The maximum Gasteiger partial charge on any atom is 0.253 e. The summed E-state index contributed by atoms with van der Waals surface area (Å²) in [5.41, 5.74) is 3.52.